The summed E-state index contributed by atoms with van der Waals surface area (Å²) in [5.74, 6) is 0.997. The Balaban J connectivity index is 0.000000841. The molecule has 0 saturated carbocycles. The van der Waals surface area contributed by atoms with E-state index in [9.17, 15) is 0 Å². The lowest BCUT2D eigenvalue weighted by atomic mass is 10.1. The summed E-state index contributed by atoms with van der Waals surface area (Å²) < 4.78 is 24.0. The molecule has 0 fully saturated rings. The molecule has 0 unspecified atom stereocenters. The van der Waals surface area contributed by atoms with Crippen molar-refractivity contribution >= 4 is 29.6 Å². The van der Waals surface area contributed by atoms with E-state index in [2.05, 4.69) is 28.3 Å². The highest BCUT2D eigenvalue weighted by molar-refractivity contribution is 8.31. The van der Waals surface area contributed by atoms with Crippen LogP contribution in [-0.2, 0) is 8.26 Å². The summed E-state index contributed by atoms with van der Waals surface area (Å²) in [6.45, 7) is 3.13. The van der Waals surface area contributed by atoms with Crippen molar-refractivity contribution < 1.29 is 13.2 Å². The van der Waals surface area contributed by atoms with Crippen LogP contribution in [-0.4, -0.2) is 15.0 Å². The van der Waals surface area contributed by atoms with Gasteiger partial charge in [-0.25, -0.2) is 0 Å². The molecule has 0 radical (unpaired) electrons. The van der Waals surface area contributed by atoms with E-state index in [1.807, 2.05) is 30.3 Å². The number of unbranched alkanes of at least 4 members (excludes halogenated alkanes) is 8. The number of ether oxygens (including phenoxy) is 1. The van der Waals surface area contributed by atoms with Crippen LogP contribution in [0.4, 0.5) is 0 Å². The summed E-state index contributed by atoms with van der Waals surface area (Å²) >= 11 is 0. The van der Waals surface area contributed by atoms with E-state index in [0.717, 1.165) is 12.4 Å². The molecule has 0 atom stereocenters. The second kappa shape index (κ2) is 15.1. The van der Waals surface area contributed by atoms with Crippen molar-refractivity contribution in [3.05, 3.63) is 30.3 Å². The molecule has 134 valence electrons. The first kappa shape index (κ1) is 22.6. The molecule has 0 N–H and O–H groups in total. The third kappa shape index (κ3) is 21.6. The second-order valence-electron chi connectivity index (χ2n) is 5.37. The van der Waals surface area contributed by atoms with Crippen LogP contribution in [0.15, 0.2) is 30.3 Å². The van der Waals surface area contributed by atoms with E-state index in [0.29, 0.717) is 0 Å². The predicted octanol–water partition coefficient (Wildman–Crippen LogP) is 6.31. The van der Waals surface area contributed by atoms with Crippen LogP contribution in [0.5, 0.6) is 5.75 Å². The number of benzene rings is 1. The average Bonchev–Trinajstić information content (AvgIpc) is 2.48. The van der Waals surface area contributed by atoms with E-state index >= 15 is 0 Å². The number of para-hydroxylation sites is 1. The molecule has 6 heteroatoms. The van der Waals surface area contributed by atoms with Crippen LogP contribution in [0, 0.1) is 0 Å². The summed E-state index contributed by atoms with van der Waals surface area (Å²) in [4.78, 5) is 0. The maximum absolute atomic E-state index is 9.16. The molecule has 3 nitrogen and oxygen atoms in total. The average molecular weight is 383 g/mol. The standard InChI is InChI=1S/C17H28O.Cl2O2S/c1-2-3-4-5-6-7-8-9-13-16-18-17-14-11-10-12-15-17;1-5(2,3)4/h10-12,14-15H,2-9,13,16H2,1H3;. The number of hydrogen-bond acceptors (Lipinski definition) is 3. The Hall–Kier alpha value is -0.450. The maximum Gasteiger partial charge on any atom is 0.317 e. The molecular formula is C17H28Cl2O3S. The molecule has 0 aromatic heterocycles. The van der Waals surface area contributed by atoms with Crippen molar-refractivity contribution in [2.75, 3.05) is 6.61 Å². The minimum Gasteiger partial charge on any atom is -0.494 e. The number of hydrogen-bond donors (Lipinski definition) is 0. The molecule has 0 aliphatic heterocycles. The van der Waals surface area contributed by atoms with Crippen molar-refractivity contribution in [2.24, 2.45) is 0 Å². The molecule has 0 bridgehead atoms. The lowest BCUT2D eigenvalue weighted by molar-refractivity contribution is 0.304. The Kier molecular flexibility index (Phi) is 14.8. The van der Waals surface area contributed by atoms with Crippen LogP contribution in [0.3, 0.4) is 0 Å². The fraction of sp³-hybridized carbons (Fsp3) is 0.647. The zero-order chi connectivity index (χ0) is 17.4. The molecule has 0 spiro atoms. The SMILES string of the molecule is CCCCCCCCCCCOc1ccccc1.O=S(=O)(Cl)Cl. The molecule has 23 heavy (non-hydrogen) atoms. The van der Waals surface area contributed by atoms with Gasteiger partial charge in [-0.3, -0.25) is 0 Å². The molecular weight excluding hydrogens is 355 g/mol. The van der Waals surface area contributed by atoms with Gasteiger partial charge in [0.15, 0.2) is 0 Å². The van der Waals surface area contributed by atoms with Gasteiger partial charge in [0.2, 0.25) is 0 Å². The monoisotopic (exact) mass is 382 g/mol. The first-order chi connectivity index (χ1) is 10.9. The van der Waals surface area contributed by atoms with Crippen molar-refractivity contribution in [3.8, 4) is 5.75 Å². The van der Waals surface area contributed by atoms with E-state index < -0.39 is 8.26 Å². The van der Waals surface area contributed by atoms with Gasteiger partial charge in [0, 0.05) is 21.4 Å². The van der Waals surface area contributed by atoms with Gasteiger partial charge in [-0.05, 0) is 18.6 Å². The first-order valence-corrected chi connectivity index (χ1v) is 11.4. The number of rotatable bonds is 11. The summed E-state index contributed by atoms with van der Waals surface area (Å²) in [5.41, 5.74) is 0. The van der Waals surface area contributed by atoms with Gasteiger partial charge in [0.05, 0.1) is 6.61 Å². The number of halogens is 2. The van der Waals surface area contributed by atoms with Crippen LogP contribution >= 0.6 is 21.4 Å². The van der Waals surface area contributed by atoms with Gasteiger partial charge in [-0.1, -0.05) is 76.5 Å². The summed E-state index contributed by atoms with van der Waals surface area (Å²) in [6, 6.07) is 10.1. The molecule has 1 rings (SSSR count). The highest BCUT2D eigenvalue weighted by atomic mass is 36.0. The van der Waals surface area contributed by atoms with E-state index in [1.165, 1.54) is 57.8 Å². The molecule has 0 saturated heterocycles. The van der Waals surface area contributed by atoms with Gasteiger partial charge in [-0.15, -0.1) is 0 Å². The molecule has 0 heterocycles. The topological polar surface area (TPSA) is 43.4 Å². The van der Waals surface area contributed by atoms with E-state index in [1.54, 1.807) is 0 Å². The van der Waals surface area contributed by atoms with Crippen LogP contribution in [0.2, 0.25) is 0 Å². The van der Waals surface area contributed by atoms with Crippen LogP contribution in [0.1, 0.15) is 64.7 Å². The van der Waals surface area contributed by atoms with Gasteiger partial charge in [0.1, 0.15) is 5.75 Å². The Morgan fingerprint density at radius 3 is 1.74 bits per heavy atom. The Morgan fingerprint density at radius 1 is 0.826 bits per heavy atom. The lowest BCUT2D eigenvalue weighted by Gasteiger charge is -2.05. The fourth-order valence-corrected chi connectivity index (χ4v) is 2.12. The van der Waals surface area contributed by atoms with Crippen LogP contribution in [0.25, 0.3) is 0 Å². The summed E-state index contributed by atoms with van der Waals surface area (Å²) in [7, 11) is 4.81. The first-order valence-electron chi connectivity index (χ1n) is 8.25. The molecule has 0 amide bonds. The Labute approximate surface area is 150 Å². The molecule has 0 aliphatic rings. The van der Waals surface area contributed by atoms with E-state index in [4.69, 9.17) is 13.2 Å². The quantitative estimate of drug-likeness (QED) is 0.332. The van der Waals surface area contributed by atoms with Gasteiger partial charge >= 0.3 is 8.26 Å². The highest BCUT2D eigenvalue weighted by Gasteiger charge is 1.94. The Morgan fingerprint density at radius 2 is 1.26 bits per heavy atom. The molecule has 1 aromatic rings. The second-order valence-corrected chi connectivity index (χ2v) is 9.04. The summed E-state index contributed by atoms with van der Waals surface area (Å²) in [6.07, 6.45) is 12.3. The van der Waals surface area contributed by atoms with Crippen molar-refractivity contribution in [1.82, 2.24) is 0 Å². The lowest BCUT2D eigenvalue weighted by Crippen LogP contribution is -1.96. The predicted molar refractivity (Wildman–Crippen MR) is 99.8 cm³/mol. The third-order valence-corrected chi connectivity index (χ3v) is 3.26. The van der Waals surface area contributed by atoms with Gasteiger partial charge in [-0.2, -0.15) is 8.42 Å². The molecule has 0 aliphatic carbocycles. The van der Waals surface area contributed by atoms with Crippen LogP contribution < -0.4 is 4.74 Å². The van der Waals surface area contributed by atoms with Crippen molar-refractivity contribution in [2.45, 2.75) is 64.7 Å². The van der Waals surface area contributed by atoms with Crippen molar-refractivity contribution in [1.29, 1.82) is 0 Å². The largest absolute Gasteiger partial charge is 0.494 e. The maximum atomic E-state index is 9.16. The minimum absolute atomic E-state index is 0.861. The highest BCUT2D eigenvalue weighted by Crippen LogP contribution is 2.11. The zero-order valence-corrected chi connectivity index (χ0v) is 16.2. The van der Waals surface area contributed by atoms with Gasteiger partial charge in [0.25, 0.3) is 0 Å². The third-order valence-electron chi connectivity index (χ3n) is 3.26. The molecule has 1 aromatic carbocycles. The smallest absolute Gasteiger partial charge is 0.317 e. The van der Waals surface area contributed by atoms with E-state index in [-0.39, 0.29) is 0 Å². The fourth-order valence-electron chi connectivity index (χ4n) is 2.12. The Bertz CT molecular complexity index is 456. The normalized spacial score (nSPS) is 10.7. The van der Waals surface area contributed by atoms with Gasteiger partial charge < -0.3 is 4.74 Å². The zero-order valence-electron chi connectivity index (χ0n) is 13.8. The summed E-state index contributed by atoms with van der Waals surface area (Å²) in [5, 5.41) is 0. The van der Waals surface area contributed by atoms with Crippen molar-refractivity contribution in [3.63, 3.8) is 0 Å². The minimum atomic E-state index is -3.72.